The Morgan fingerprint density at radius 3 is 2.70 bits per heavy atom. The summed E-state index contributed by atoms with van der Waals surface area (Å²) >= 11 is 0. The highest BCUT2D eigenvalue weighted by Gasteiger charge is 2.13. The zero-order chi connectivity index (χ0) is 16.7. The van der Waals surface area contributed by atoms with Crippen molar-refractivity contribution in [3.8, 4) is 12.3 Å². The van der Waals surface area contributed by atoms with E-state index in [2.05, 4.69) is 33.8 Å². The van der Waals surface area contributed by atoms with Crippen molar-refractivity contribution in [2.24, 2.45) is 5.92 Å². The molecule has 1 heterocycles. The Kier molecular flexibility index (Phi) is 5.81. The number of aromatic nitrogens is 2. The predicted octanol–water partition coefficient (Wildman–Crippen LogP) is 2.39. The lowest BCUT2D eigenvalue weighted by Crippen LogP contribution is -2.43. The third kappa shape index (κ3) is 5.19. The van der Waals surface area contributed by atoms with Gasteiger partial charge in [0.15, 0.2) is 0 Å². The van der Waals surface area contributed by atoms with Gasteiger partial charge in [-0.3, -0.25) is 4.68 Å². The number of nitrogens with zero attached hydrogens (tertiary/aromatic N) is 2. The first-order valence-electron chi connectivity index (χ1n) is 7.65. The molecule has 2 amide bonds. The van der Waals surface area contributed by atoms with Crippen molar-refractivity contribution in [1.82, 2.24) is 20.4 Å². The van der Waals surface area contributed by atoms with E-state index in [4.69, 9.17) is 6.42 Å². The zero-order valence-electron chi connectivity index (χ0n) is 13.5. The van der Waals surface area contributed by atoms with Crippen LogP contribution in [-0.4, -0.2) is 21.9 Å². The second kappa shape index (κ2) is 8.04. The van der Waals surface area contributed by atoms with Crippen molar-refractivity contribution < 1.29 is 4.79 Å². The highest BCUT2D eigenvalue weighted by Crippen LogP contribution is 2.03. The number of amides is 2. The van der Waals surface area contributed by atoms with E-state index in [9.17, 15) is 4.79 Å². The van der Waals surface area contributed by atoms with Gasteiger partial charge in [-0.1, -0.05) is 50.1 Å². The SMILES string of the molecule is C#CC(NC(=O)NCc1ccn(Cc2ccccc2)n1)C(C)C. The van der Waals surface area contributed by atoms with E-state index in [1.807, 2.05) is 49.0 Å². The van der Waals surface area contributed by atoms with Gasteiger partial charge in [-0.25, -0.2) is 4.79 Å². The summed E-state index contributed by atoms with van der Waals surface area (Å²) in [5, 5.41) is 9.98. The Morgan fingerprint density at radius 1 is 1.30 bits per heavy atom. The molecule has 0 aliphatic heterocycles. The first kappa shape index (κ1) is 16.6. The van der Waals surface area contributed by atoms with Crippen LogP contribution in [0.5, 0.6) is 0 Å². The molecule has 0 aliphatic rings. The van der Waals surface area contributed by atoms with E-state index in [-0.39, 0.29) is 18.0 Å². The van der Waals surface area contributed by atoms with E-state index in [0.29, 0.717) is 13.1 Å². The standard InChI is InChI=1S/C18H22N4O/c1-4-17(14(2)3)20-18(23)19-12-16-10-11-22(21-16)13-15-8-6-5-7-9-15/h1,5-11,14,17H,12-13H2,2-3H3,(H2,19,20,23). The second-order valence-electron chi connectivity index (χ2n) is 5.71. The maximum absolute atomic E-state index is 11.8. The van der Waals surface area contributed by atoms with Crippen molar-refractivity contribution >= 4 is 6.03 Å². The van der Waals surface area contributed by atoms with Gasteiger partial charge in [0.1, 0.15) is 0 Å². The molecule has 0 saturated carbocycles. The second-order valence-corrected chi connectivity index (χ2v) is 5.71. The van der Waals surface area contributed by atoms with Crippen LogP contribution in [0.1, 0.15) is 25.1 Å². The van der Waals surface area contributed by atoms with Crippen molar-refractivity contribution in [3.05, 3.63) is 53.9 Å². The molecule has 0 aliphatic carbocycles. The molecule has 0 radical (unpaired) electrons. The van der Waals surface area contributed by atoms with Crippen LogP contribution in [0.15, 0.2) is 42.6 Å². The van der Waals surface area contributed by atoms with Gasteiger partial charge in [0.05, 0.1) is 24.8 Å². The van der Waals surface area contributed by atoms with Gasteiger partial charge in [-0.15, -0.1) is 6.42 Å². The molecule has 2 rings (SSSR count). The first-order valence-corrected chi connectivity index (χ1v) is 7.65. The summed E-state index contributed by atoms with van der Waals surface area (Å²) in [7, 11) is 0. The summed E-state index contributed by atoms with van der Waals surface area (Å²) < 4.78 is 1.85. The van der Waals surface area contributed by atoms with Gasteiger partial charge >= 0.3 is 6.03 Å². The van der Waals surface area contributed by atoms with Crippen LogP contribution >= 0.6 is 0 Å². The minimum atomic E-state index is -0.278. The van der Waals surface area contributed by atoms with Crippen LogP contribution in [0, 0.1) is 18.3 Å². The predicted molar refractivity (Wildman–Crippen MR) is 90.6 cm³/mol. The minimum absolute atomic E-state index is 0.191. The van der Waals surface area contributed by atoms with Gasteiger partial charge in [0.25, 0.3) is 0 Å². The Bertz CT molecular complexity index is 670. The van der Waals surface area contributed by atoms with Gasteiger partial charge in [0, 0.05) is 6.20 Å². The summed E-state index contributed by atoms with van der Waals surface area (Å²) in [5.41, 5.74) is 1.99. The third-order valence-corrected chi connectivity index (χ3v) is 3.45. The Hall–Kier alpha value is -2.74. The van der Waals surface area contributed by atoms with Crippen LogP contribution < -0.4 is 10.6 Å². The number of urea groups is 1. The lowest BCUT2D eigenvalue weighted by atomic mass is 10.1. The average Bonchev–Trinajstić information content (AvgIpc) is 2.98. The van der Waals surface area contributed by atoms with E-state index in [1.54, 1.807) is 0 Å². The van der Waals surface area contributed by atoms with E-state index in [1.165, 1.54) is 5.56 Å². The monoisotopic (exact) mass is 310 g/mol. The van der Waals surface area contributed by atoms with Crippen LogP contribution in [-0.2, 0) is 13.1 Å². The summed E-state index contributed by atoms with van der Waals surface area (Å²) in [4.78, 5) is 11.8. The number of rotatable bonds is 6. The number of carbonyl (C=O) groups excluding carboxylic acids is 1. The van der Waals surface area contributed by atoms with Crippen LogP contribution in [0.3, 0.4) is 0 Å². The van der Waals surface area contributed by atoms with Crippen molar-refractivity contribution in [3.63, 3.8) is 0 Å². The zero-order valence-corrected chi connectivity index (χ0v) is 13.5. The van der Waals surface area contributed by atoms with E-state index in [0.717, 1.165) is 5.69 Å². The van der Waals surface area contributed by atoms with Crippen LogP contribution in [0.2, 0.25) is 0 Å². The largest absolute Gasteiger partial charge is 0.332 e. The third-order valence-electron chi connectivity index (χ3n) is 3.45. The number of carbonyl (C=O) groups is 1. The fourth-order valence-electron chi connectivity index (χ4n) is 2.12. The quantitative estimate of drug-likeness (QED) is 0.805. The smallest absolute Gasteiger partial charge is 0.316 e. The molecule has 1 aromatic carbocycles. The molecule has 0 fully saturated rings. The molecule has 120 valence electrons. The van der Waals surface area contributed by atoms with Crippen molar-refractivity contribution in [2.45, 2.75) is 33.0 Å². The normalized spacial score (nSPS) is 11.7. The number of hydrogen-bond acceptors (Lipinski definition) is 2. The average molecular weight is 310 g/mol. The fraction of sp³-hybridized carbons (Fsp3) is 0.333. The number of hydrogen-bond donors (Lipinski definition) is 2. The molecule has 0 spiro atoms. The maximum atomic E-state index is 11.8. The molecular weight excluding hydrogens is 288 g/mol. The molecule has 5 nitrogen and oxygen atoms in total. The molecule has 2 aromatic rings. The number of benzene rings is 1. The Labute approximate surface area is 137 Å². The molecule has 5 heteroatoms. The summed E-state index contributed by atoms with van der Waals surface area (Å²) in [6, 6.07) is 11.4. The van der Waals surface area contributed by atoms with Crippen molar-refractivity contribution in [1.29, 1.82) is 0 Å². The molecule has 1 aromatic heterocycles. The summed E-state index contributed by atoms with van der Waals surface area (Å²) in [6.45, 7) is 5.01. The number of nitrogens with one attached hydrogen (secondary N) is 2. The highest BCUT2D eigenvalue weighted by molar-refractivity contribution is 5.74. The van der Waals surface area contributed by atoms with Crippen LogP contribution in [0.4, 0.5) is 4.79 Å². The molecule has 1 unspecified atom stereocenters. The lowest BCUT2D eigenvalue weighted by Gasteiger charge is -2.16. The van der Waals surface area contributed by atoms with E-state index < -0.39 is 0 Å². The van der Waals surface area contributed by atoms with Gasteiger partial charge in [-0.2, -0.15) is 5.10 Å². The number of terminal acetylenes is 1. The topological polar surface area (TPSA) is 59.0 Å². The molecule has 23 heavy (non-hydrogen) atoms. The van der Waals surface area contributed by atoms with Gasteiger partial charge < -0.3 is 10.6 Å². The summed E-state index contributed by atoms with van der Waals surface area (Å²) in [6.07, 6.45) is 7.30. The highest BCUT2D eigenvalue weighted by atomic mass is 16.2. The maximum Gasteiger partial charge on any atom is 0.316 e. The molecule has 1 atom stereocenters. The lowest BCUT2D eigenvalue weighted by molar-refractivity contribution is 0.236. The fourth-order valence-corrected chi connectivity index (χ4v) is 2.12. The van der Waals surface area contributed by atoms with Gasteiger partial charge in [-0.05, 0) is 17.5 Å². The van der Waals surface area contributed by atoms with Gasteiger partial charge in [0.2, 0.25) is 0 Å². The Morgan fingerprint density at radius 2 is 2.04 bits per heavy atom. The first-order chi connectivity index (χ1) is 11.1. The van der Waals surface area contributed by atoms with Crippen molar-refractivity contribution in [2.75, 3.05) is 0 Å². The molecule has 2 N–H and O–H groups in total. The van der Waals surface area contributed by atoms with E-state index >= 15 is 0 Å². The summed E-state index contributed by atoms with van der Waals surface area (Å²) in [5.74, 6) is 2.76. The van der Waals surface area contributed by atoms with Crippen LogP contribution in [0.25, 0.3) is 0 Å². The molecule has 0 saturated heterocycles. The molecular formula is C18H22N4O. The Balaban J connectivity index is 1.83. The molecule has 0 bridgehead atoms. The minimum Gasteiger partial charge on any atom is -0.332 e.